The van der Waals surface area contributed by atoms with Crippen molar-refractivity contribution < 1.29 is 4.79 Å². The summed E-state index contributed by atoms with van der Waals surface area (Å²) in [5, 5.41) is 0.730. The van der Waals surface area contributed by atoms with Crippen LogP contribution in [-0.4, -0.2) is 26.4 Å². The molecule has 0 aliphatic rings. The van der Waals surface area contributed by atoms with Gasteiger partial charge in [0.2, 0.25) is 0 Å². The van der Waals surface area contributed by atoms with Gasteiger partial charge in [0.1, 0.15) is 5.82 Å². The molecule has 0 unspecified atom stereocenters. The second kappa shape index (κ2) is 8.40. The highest BCUT2D eigenvalue weighted by molar-refractivity contribution is 6.31. The van der Waals surface area contributed by atoms with Gasteiger partial charge in [-0.3, -0.25) is 4.79 Å². The van der Waals surface area contributed by atoms with E-state index in [2.05, 4.69) is 4.98 Å². The molecule has 0 aliphatic heterocycles. The van der Waals surface area contributed by atoms with Crippen molar-refractivity contribution in [2.75, 3.05) is 0 Å². The number of nitrogens with zero attached hydrogens (tertiary/aromatic N) is 3. The molecule has 1 amide bonds. The Morgan fingerprint density at radius 1 is 1.15 bits per heavy atom. The standard InChI is InChI=1S/C22H24ClN3O/c1-16(2)26(22(27)18-10-8-17(3)9-11-18)15-21-24-12-13-25(21)14-19-6-4-5-7-20(19)23/h4-13,16H,14-15H2,1-3H3. The van der Waals surface area contributed by atoms with Crippen LogP contribution < -0.4 is 0 Å². The van der Waals surface area contributed by atoms with Crippen molar-refractivity contribution in [2.45, 2.75) is 39.9 Å². The molecule has 0 fully saturated rings. The minimum atomic E-state index is 0.0114. The molecule has 1 heterocycles. The Bertz CT molecular complexity index is 915. The van der Waals surface area contributed by atoms with Crippen LogP contribution >= 0.6 is 11.6 Å². The third kappa shape index (κ3) is 4.58. The number of amides is 1. The molecule has 1 aromatic heterocycles. The van der Waals surface area contributed by atoms with E-state index >= 15 is 0 Å². The van der Waals surface area contributed by atoms with Gasteiger partial charge in [0, 0.05) is 29.0 Å². The van der Waals surface area contributed by atoms with Gasteiger partial charge < -0.3 is 9.47 Å². The minimum Gasteiger partial charge on any atom is -0.329 e. The highest BCUT2D eigenvalue weighted by atomic mass is 35.5. The van der Waals surface area contributed by atoms with Crippen molar-refractivity contribution in [3.63, 3.8) is 0 Å². The quantitative estimate of drug-likeness (QED) is 0.606. The monoisotopic (exact) mass is 381 g/mol. The fraction of sp³-hybridized carbons (Fsp3) is 0.273. The zero-order chi connectivity index (χ0) is 19.4. The molecule has 3 rings (SSSR count). The Balaban J connectivity index is 1.82. The first kappa shape index (κ1) is 19.2. The third-order valence-corrected chi connectivity index (χ3v) is 4.96. The lowest BCUT2D eigenvalue weighted by atomic mass is 10.1. The largest absolute Gasteiger partial charge is 0.329 e. The zero-order valence-electron chi connectivity index (χ0n) is 15.9. The summed E-state index contributed by atoms with van der Waals surface area (Å²) in [4.78, 5) is 19.3. The second-order valence-corrected chi connectivity index (χ2v) is 7.36. The number of aryl methyl sites for hydroxylation is 1. The molecule has 2 aromatic carbocycles. The van der Waals surface area contributed by atoms with Crippen LogP contribution in [0.2, 0.25) is 5.02 Å². The number of aromatic nitrogens is 2. The van der Waals surface area contributed by atoms with Crippen LogP contribution in [0.4, 0.5) is 0 Å². The molecule has 0 saturated carbocycles. The lowest BCUT2D eigenvalue weighted by Crippen LogP contribution is -2.37. The number of benzene rings is 2. The summed E-state index contributed by atoms with van der Waals surface area (Å²) in [6, 6.07) is 15.5. The van der Waals surface area contributed by atoms with Crippen LogP contribution in [0, 0.1) is 6.92 Å². The van der Waals surface area contributed by atoms with Crippen LogP contribution in [0.5, 0.6) is 0 Å². The van der Waals surface area contributed by atoms with Crippen molar-refractivity contribution in [1.29, 1.82) is 0 Å². The van der Waals surface area contributed by atoms with Crippen LogP contribution in [-0.2, 0) is 13.1 Å². The van der Waals surface area contributed by atoms with E-state index in [0.29, 0.717) is 18.7 Å². The first-order valence-corrected chi connectivity index (χ1v) is 9.44. The summed E-state index contributed by atoms with van der Waals surface area (Å²) in [5.74, 6) is 0.848. The SMILES string of the molecule is Cc1ccc(C(=O)N(Cc2nccn2Cc2ccccc2Cl)C(C)C)cc1. The Labute approximate surface area is 165 Å². The molecule has 27 heavy (non-hydrogen) atoms. The number of hydrogen-bond donors (Lipinski definition) is 0. The third-order valence-electron chi connectivity index (χ3n) is 4.59. The lowest BCUT2D eigenvalue weighted by Gasteiger charge is -2.27. The van der Waals surface area contributed by atoms with E-state index in [-0.39, 0.29) is 11.9 Å². The van der Waals surface area contributed by atoms with Gasteiger partial charge in [-0.1, -0.05) is 47.5 Å². The Morgan fingerprint density at radius 2 is 1.85 bits per heavy atom. The van der Waals surface area contributed by atoms with E-state index in [9.17, 15) is 4.79 Å². The molecule has 5 heteroatoms. The summed E-state index contributed by atoms with van der Waals surface area (Å²) in [5.41, 5.74) is 2.86. The van der Waals surface area contributed by atoms with Crippen LogP contribution in [0.15, 0.2) is 60.9 Å². The number of halogens is 1. The summed E-state index contributed by atoms with van der Waals surface area (Å²) < 4.78 is 2.04. The van der Waals surface area contributed by atoms with E-state index < -0.39 is 0 Å². The normalized spacial score (nSPS) is 11.0. The van der Waals surface area contributed by atoms with Gasteiger partial charge in [-0.25, -0.2) is 4.98 Å². The second-order valence-electron chi connectivity index (χ2n) is 6.96. The molecule has 3 aromatic rings. The van der Waals surface area contributed by atoms with Gasteiger partial charge in [0.25, 0.3) is 5.91 Å². The molecule has 0 N–H and O–H groups in total. The number of rotatable bonds is 6. The van der Waals surface area contributed by atoms with Gasteiger partial charge in [-0.2, -0.15) is 0 Å². The van der Waals surface area contributed by atoms with Crippen molar-refractivity contribution in [1.82, 2.24) is 14.5 Å². The van der Waals surface area contributed by atoms with Gasteiger partial charge in [0.15, 0.2) is 0 Å². The maximum Gasteiger partial charge on any atom is 0.254 e. The van der Waals surface area contributed by atoms with Crippen LogP contribution in [0.3, 0.4) is 0 Å². The van der Waals surface area contributed by atoms with Crippen molar-refractivity contribution in [2.24, 2.45) is 0 Å². The van der Waals surface area contributed by atoms with E-state index in [1.807, 2.05) is 85.0 Å². The molecule has 0 bridgehead atoms. The maximum atomic E-state index is 13.0. The lowest BCUT2D eigenvalue weighted by molar-refractivity contribution is 0.0683. The fourth-order valence-electron chi connectivity index (χ4n) is 2.95. The molecular formula is C22H24ClN3O. The van der Waals surface area contributed by atoms with E-state index in [1.54, 1.807) is 6.20 Å². The van der Waals surface area contributed by atoms with Crippen molar-refractivity contribution >= 4 is 17.5 Å². The Hall–Kier alpha value is -2.59. The van der Waals surface area contributed by atoms with Crippen molar-refractivity contribution in [3.05, 3.63) is 88.5 Å². The maximum absolute atomic E-state index is 13.0. The summed E-state index contributed by atoms with van der Waals surface area (Å²) in [6.07, 6.45) is 3.69. The van der Waals surface area contributed by atoms with Crippen LogP contribution in [0.25, 0.3) is 0 Å². The molecule has 0 radical (unpaired) electrons. The Kier molecular flexibility index (Phi) is 5.97. The highest BCUT2D eigenvalue weighted by Gasteiger charge is 2.21. The smallest absolute Gasteiger partial charge is 0.254 e. The Morgan fingerprint density at radius 3 is 2.52 bits per heavy atom. The predicted octanol–water partition coefficient (Wildman–Crippen LogP) is 4.94. The molecule has 0 atom stereocenters. The zero-order valence-corrected chi connectivity index (χ0v) is 16.6. The fourth-order valence-corrected chi connectivity index (χ4v) is 3.14. The molecular weight excluding hydrogens is 358 g/mol. The molecule has 4 nitrogen and oxygen atoms in total. The summed E-state index contributed by atoms with van der Waals surface area (Å²) >= 11 is 6.29. The topological polar surface area (TPSA) is 38.1 Å². The summed E-state index contributed by atoms with van der Waals surface area (Å²) in [6.45, 7) is 7.13. The predicted molar refractivity (Wildman–Crippen MR) is 109 cm³/mol. The number of carbonyl (C=O) groups excluding carboxylic acids is 1. The molecule has 0 spiro atoms. The van der Waals surface area contributed by atoms with Crippen molar-refractivity contribution in [3.8, 4) is 0 Å². The van der Waals surface area contributed by atoms with Gasteiger partial charge in [-0.15, -0.1) is 0 Å². The molecule has 0 saturated heterocycles. The number of carbonyl (C=O) groups is 1. The van der Waals surface area contributed by atoms with Gasteiger partial charge in [0.05, 0.1) is 13.1 Å². The average molecular weight is 382 g/mol. The number of hydrogen-bond acceptors (Lipinski definition) is 2. The van der Waals surface area contributed by atoms with E-state index in [4.69, 9.17) is 11.6 Å². The highest BCUT2D eigenvalue weighted by Crippen LogP contribution is 2.18. The summed E-state index contributed by atoms with van der Waals surface area (Å²) in [7, 11) is 0. The number of imidazole rings is 1. The molecule has 140 valence electrons. The van der Waals surface area contributed by atoms with E-state index in [0.717, 1.165) is 22.0 Å². The minimum absolute atomic E-state index is 0.0114. The molecule has 0 aliphatic carbocycles. The average Bonchev–Trinajstić information content (AvgIpc) is 3.08. The van der Waals surface area contributed by atoms with E-state index in [1.165, 1.54) is 0 Å². The van der Waals surface area contributed by atoms with Crippen LogP contribution in [0.1, 0.15) is 41.2 Å². The van der Waals surface area contributed by atoms with Gasteiger partial charge >= 0.3 is 0 Å². The first-order valence-electron chi connectivity index (χ1n) is 9.06. The van der Waals surface area contributed by atoms with Gasteiger partial charge in [-0.05, 0) is 44.5 Å². The first-order chi connectivity index (χ1) is 13.0.